The SMILES string of the molecule is COc1ccccc1CC(N)C(N)C(=O)O. The molecule has 0 bridgehead atoms. The van der Waals surface area contributed by atoms with E-state index in [0.29, 0.717) is 12.2 Å². The normalized spacial score (nSPS) is 14.2. The first-order valence-corrected chi connectivity index (χ1v) is 4.92. The van der Waals surface area contributed by atoms with Crippen LogP contribution < -0.4 is 16.2 Å². The van der Waals surface area contributed by atoms with Crippen molar-refractivity contribution in [2.75, 3.05) is 7.11 Å². The Bertz CT molecular complexity index is 368. The van der Waals surface area contributed by atoms with Crippen molar-refractivity contribution in [3.05, 3.63) is 29.8 Å². The fourth-order valence-corrected chi connectivity index (χ4v) is 1.44. The maximum atomic E-state index is 10.6. The van der Waals surface area contributed by atoms with Crippen LogP contribution in [0, 0.1) is 0 Å². The molecule has 5 N–H and O–H groups in total. The Kier molecular flexibility index (Phi) is 4.28. The molecule has 0 radical (unpaired) electrons. The van der Waals surface area contributed by atoms with Crippen LogP contribution in [-0.2, 0) is 11.2 Å². The fourth-order valence-electron chi connectivity index (χ4n) is 1.44. The molecule has 0 aliphatic carbocycles. The zero-order valence-corrected chi connectivity index (χ0v) is 9.09. The van der Waals surface area contributed by atoms with Gasteiger partial charge in [-0.1, -0.05) is 18.2 Å². The van der Waals surface area contributed by atoms with Gasteiger partial charge in [-0.25, -0.2) is 0 Å². The van der Waals surface area contributed by atoms with Gasteiger partial charge in [0.15, 0.2) is 0 Å². The van der Waals surface area contributed by atoms with Crippen LogP contribution in [-0.4, -0.2) is 30.3 Å². The molecular formula is C11H16N2O3. The van der Waals surface area contributed by atoms with E-state index in [9.17, 15) is 4.79 Å². The van der Waals surface area contributed by atoms with E-state index < -0.39 is 18.1 Å². The van der Waals surface area contributed by atoms with E-state index >= 15 is 0 Å². The molecule has 1 aromatic carbocycles. The molecule has 0 spiro atoms. The van der Waals surface area contributed by atoms with Gasteiger partial charge in [0.1, 0.15) is 11.8 Å². The summed E-state index contributed by atoms with van der Waals surface area (Å²) in [6.07, 6.45) is 0.373. The van der Waals surface area contributed by atoms with Crippen LogP contribution in [0.25, 0.3) is 0 Å². The monoisotopic (exact) mass is 224 g/mol. The van der Waals surface area contributed by atoms with Gasteiger partial charge in [0.05, 0.1) is 7.11 Å². The van der Waals surface area contributed by atoms with Crippen LogP contribution in [0.15, 0.2) is 24.3 Å². The molecule has 1 aromatic rings. The van der Waals surface area contributed by atoms with Gasteiger partial charge in [-0.15, -0.1) is 0 Å². The van der Waals surface area contributed by atoms with Gasteiger partial charge in [0.25, 0.3) is 0 Å². The minimum atomic E-state index is -1.10. The molecule has 0 amide bonds. The molecule has 0 aliphatic heterocycles. The molecule has 0 aromatic heterocycles. The van der Waals surface area contributed by atoms with Crippen molar-refractivity contribution in [1.82, 2.24) is 0 Å². The Morgan fingerprint density at radius 2 is 2.06 bits per heavy atom. The number of nitrogens with two attached hydrogens (primary N) is 2. The number of carboxylic acid groups (broad SMARTS) is 1. The van der Waals surface area contributed by atoms with Gasteiger partial charge in [-0.05, 0) is 18.1 Å². The molecule has 5 nitrogen and oxygen atoms in total. The summed E-state index contributed by atoms with van der Waals surface area (Å²) in [6.45, 7) is 0. The molecular weight excluding hydrogens is 208 g/mol. The van der Waals surface area contributed by atoms with Crippen molar-refractivity contribution in [2.24, 2.45) is 11.5 Å². The van der Waals surface area contributed by atoms with E-state index in [1.165, 1.54) is 0 Å². The molecule has 2 unspecified atom stereocenters. The first-order chi connectivity index (χ1) is 7.56. The van der Waals surface area contributed by atoms with Crippen LogP contribution >= 0.6 is 0 Å². The average Bonchev–Trinajstić information content (AvgIpc) is 2.28. The number of ether oxygens (including phenoxy) is 1. The summed E-state index contributed by atoms with van der Waals surface area (Å²) in [5.74, 6) is -0.405. The van der Waals surface area contributed by atoms with Crippen LogP contribution in [0.4, 0.5) is 0 Å². The predicted octanol–water partition coefficient (Wildman–Crippen LogP) is -0.0231. The summed E-state index contributed by atoms with van der Waals surface area (Å²) >= 11 is 0. The van der Waals surface area contributed by atoms with Crippen LogP contribution in [0.5, 0.6) is 5.75 Å². The van der Waals surface area contributed by atoms with Crippen molar-refractivity contribution < 1.29 is 14.6 Å². The summed E-state index contributed by atoms with van der Waals surface area (Å²) in [6, 6.07) is 5.63. The molecule has 0 fully saturated rings. The third-order valence-corrected chi connectivity index (χ3v) is 2.39. The van der Waals surface area contributed by atoms with E-state index in [1.807, 2.05) is 18.2 Å². The summed E-state index contributed by atoms with van der Waals surface area (Å²) in [5, 5.41) is 8.72. The Balaban J connectivity index is 2.76. The number of hydrogen-bond acceptors (Lipinski definition) is 4. The Hall–Kier alpha value is -1.59. The van der Waals surface area contributed by atoms with Gasteiger partial charge >= 0.3 is 5.97 Å². The quantitative estimate of drug-likeness (QED) is 0.652. The van der Waals surface area contributed by atoms with E-state index in [0.717, 1.165) is 5.56 Å². The van der Waals surface area contributed by atoms with Gasteiger partial charge < -0.3 is 21.3 Å². The minimum absolute atomic E-state index is 0.373. The van der Waals surface area contributed by atoms with Gasteiger partial charge in [-0.2, -0.15) is 0 Å². The second-order valence-corrected chi connectivity index (χ2v) is 3.54. The first-order valence-electron chi connectivity index (χ1n) is 4.92. The predicted molar refractivity (Wildman–Crippen MR) is 60.3 cm³/mol. The molecule has 88 valence electrons. The molecule has 2 atom stereocenters. The van der Waals surface area contributed by atoms with Crippen LogP contribution in [0.2, 0.25) is 0 Å². The number of carboxylic acids is 1. The summed E-state index contributed by atoms with van der Waals surface area (Å²) < 4.78 is 5.14. The van der Waals surface area contributed by atoms with Gasteiger partial charge in [0.2, 0.25) is 0 Å². The van der Waals surface area contributed by atoms with E-state index in [-0.39, 0.29) is 0 Å². The maximum absolute atomic E-state index is 10.6. The summed E-state index contributed by atoms with van der Waals surface area (Å²) in [4.78, 5) is 10.6. The highest BCUT2D eigenvalue weighted by atomic mass is 16.5. The molecule has 0 heterocycles. The largest absolute Gasteiger partial charge is 0.496 e. The number of hydrogen-bond donors (Lipinski definition) is 3. The lowest BCUT2D eigenvalue weighted by Gasteiger charge is -2.17. The zero-order valence-electron chi connectivity index (χ0n) is 9.09. The van der Waals surface area contributed by atoms with E-state index in [2.05, 4.69) is 0 Å². The molecule has 0 saturated heterocycles. The average molecular weight is 224 g/mol. The van der Waals surface area contributed by atoms with E-state index in [1.54, 1.807) is 13.2 Å². The smallest absolute Gasteiger partial charge is 0.322 e. The van der Waals surface area contributed by atoms with Gasteiger partial charge in [0, 0.05) is 6.04 Å². The minimum Gasteiger partial charge on any atom is -0.496 e. The molecule has 1 rings (SSSR count). The van der Waals surface area contributed by atoms with Crippen molar-refractivity contribution in [3.63, 3.8) is 0 Å². The number of aliphatic carboxylic acids is 1. The second kappa shape index (κ2) is 5.48. The lowest BCUT2D eigenvalue weighted by atomic mass is 10.0. The van der Waals surface area contributed by atoms with Crippen molar-refractivity contribution >= 4 is 5.97 Å². The molecule has 16 heavy (non-hydrogen) atoms. The Labute approximate surface area is 94.0 Å². The highest BCUT2D eigenvalue weighted by molar-refractivity contribution is 5.74. The summed E-state index contributed by atoms with van der Waals surface area (Å²) in [5.41, 5.74) is 12.0. The Morgan fingerprint density at radius 1 is 1.44 bits per heavy atom. The highest BCUT2D eigenvalue weighted by Crippen LogP contribution is 2.18. The number of para-hydroxylation sites is 1. The number of rotatable bonds is 5. The Morgan fingerprint density at radius 3 is 2.62 bits per heavy atom. The topological polar surface area (TPSA) is 98.6 Å². The maximum Gasteiger partial charge on any atom is 0.322 e. The number of benzene rings is 1. The fraction of sp³-hybridized carbons (Fsp3) is 0.364. The number of methoxy groups -OCH3 is 1. The second-order valence-electron chi connectivity index (χ2n) is 3.54. The van der Waals surface area contributed by atoms with Crippen LogP contribution in [0.1, 0.15) is 5.56 Å². The molecule has 0 saturated carbocycles. The van der Waals surface area contributed by atoms with Crippen molar-refractivity contribution in [3.8, 4) is 5.75 Å². The summed E-state index contributed by atoms with van der Waals surface area (Å²) in [7, 11) is 1.56. The highest BCUT2D eigenvalue weighted by Gasteiger charge is 2.21. The standard InChI is InChI=1S/C11H16N2O3/c1-16-9-5-3-2-4-7(9)6-8(12)10(13)11(14)15/h2-5,8,10H,6,12-13H2,1H3,(H,14,15). The van der Waals surface area contributed by atoms with Gasteiger partial charge in [-0.3, -0.25) is 4.79 Å². The lowest BCUT2D eigenvalue weighted by molar-refractivity contribution is -0.139. The molecule has 0 aliphatic rings. The third kappa shape index (κ3) is 2.95. The van der Waals surface area contributed by atoms with Crippen LogP contribution in [0.3, 0.4) is 0 Å². The molecule has 5 heteroatoms. The van der Waals surface area contributed by atoms with Crippen molar-refractivity contribution in [2.45, 2.75) is 18.5 Å². The zero-order chi connectivity index (χ0) is 12.1. The van der Waals surface area contributed by atoms with Crippen molar-refractivity contribution in [1.29, 1.82) is 0 Å². The lowest BCUT2D eigenvalue weighted by Crippen LogP contribution is -2.48. The number of carbonyl (C=O) groups is 1. The third-order valence-electron chi connectivity index (χ3n) is 2.39. The van der Waals surface area contributed by atoms with E-state index in [4.69, 9.17) is 21.3 Å². The first kappa shape index (κ1) is 12.5.